The molecule has 0 spiro atoms. The largest absolute Gasteiger partial charge is 0.467 e. The molecule has 0 aliphatic heterocycles. The van der Waals surface area contributed by atoms with E-state index in [1.54, 1.807) is 28.6 Å². The Hall–Kier alpha value is -2.57. The van der Waals surface area contributed by atoms with Crippen molar-refractivity contribution in [2.24, 2.45) is 7.05 Å². The monoisotopic (exact) mass is 387 g/mol. The van der Waals surface area contributed by atoms with Crippen molar-refractivity contribution in [3.05, 3.63) is 41.7 Å². The topological polar surface area (TPSA) is 88.0 Å². The number of thiophene rings is 1. The third kappa shape index (κ3) is 4.33. The molecule has 0 N–H and O–H groups in total. The summed E-state index contributed by atoms with van der Waals surface area (Å²) in [5.74, 6) is 1.64. The molecule has 3 heterocycles. The molecular weight excluding hydrogens is 370 g/mol. The minimum Gasteiger partial charge on any atom is -0.467 e. The fourth-order valence-electron chi connectivity index (χ4n) is 2.35. The van der Waals surface area contributed by atoms with Gasteiger partial charge in [0.25, 0.3) is 0 Å². The Morgan fingerprint density at radius 2 is 2.31 bits per heavy atom. The molecular formula is C17H17N5O2S2. The minimum absolute atomic E-state index is 0.0673. The smallest absolute Gasteiger partial charge is 0.233 e. The number of nitriles is 1. The lowest BCUT2D eigenvalue weighted by Crippen LogP contribution is -2.32. The Balaban J connectivity index is 1.63. The van der Waals surface area contributed by atoms with Crippen molar-refractivity contribution >= 4 is 29.0 Å². The van der Waals surface area contributed by atoms with E-state index in [9.17, 15) is 4.79 Å². The molecule has 0 aromatic carbocycles. The molecule has 0 atom stereocenters. The van der Waals surface area contributed by atoms with Crippen molar-refractivity contribution < 1.29 is 9.21 Å². The highest BCUT2D eigenvalue weighted by molar-refractivity contribution is 7.99. The molecule has 0 saturated heterocycles. The number of hydrogen-bond acceptors (Lipinski definition) is 7. The summed E-state index contributed by atoms with van der Waals surface area (Å²) in [5.41, 5.74) is 0. The molecule has 0 aliphatic carbocycles. The van der Waals surface area contributed by atoms with E-state index in [4.69, 9.17) is 9.68 Å². The Morgan fingerprint density at radius 1 is 1.42 bits per heavy atom. The van der Waals surface area contributed by atoms with Crippen molar-refractivity contribution in [3.8, 4) is 16.8 Å². The van der Waals surface area contributed by atoms with Gasteiger partial charge in [-0.2, -0.15) is 5.26 Å². The number of furan rings is 1. The van der Waals surface area contributed by atoms with Crippen molar-refractivity contribution in [1.29, 1.82) is 5.26 Å². The van der Waals surface area contributed by atoms with Crippen molar-refractivity contribution in [2.75, 3.05) is 12.3 Å². The van der Waals surface area contributed by atoms with Crippen LogP contribution >= 0.6 is 23.1 Å². The summed E-state index contributed by atoms with van der Waals surface area (Å²) in [6.45, 7) is 0.725. The van der Waals surface area contributed by atoms with E-state index < -0.39 is 0 Å². The number of rotatable bonds is 8. The first-order valence-corrected chi connectivity index (χ1v) is 9.78. The zero-order valence-corrected chi connectivity index (χ0v) is 15.8. The van der Waals surface area contributed by atoms with E-state index >= 15 is 0 Å². The van der Waals surface area contributed by atoms with Gasteiger partial charge in [-0.25, -0.2) is 0 Å². The van der Waals surface area contributed by atoms with Gasteiger partial charge in [0.1, 0.15) is 5.76 Å². The Kier molecular flexibility index (Phi) is 6.09. The fourth-order valence-corrected chi connectivity index (χ4v) is 3.90. The molecule has 3 rings (SSSR count). The summed E-state index contributed by atoms with van der Waals surface area (Å²) < 4.78 is 7.20. The van der Waals surface area contributed by atoms with Crippen LogP contribution in [0.4, 0.5) is 0 Å². The van der Waals surface area contributed by atoms with Gasteiger partial charge in [-0.1, -0.05) is 17.8 Å². The Labute approximate surface area is 159 Å². The molecule has 7 nitrogen and oxygen atoms in total. The second-order valence-electron chi connectivity index (χ2n) is 5.43. The summed E-state index contributed by atoms with van der Waals surface area (Å²) >= 11 is 2.93. The number of thioether (sulfide) groups is 1. The lowest BCUT2D eigenvalue weighted by molar-refractivity contribution is -0.129. The Bertz CT molecular complexity index is 881. The molecule has 1 amide bonds. The Morgan fingerprint density at radius 3 is 3.00 bits per heavy atom. The summed E-state index contributed by atoms with van der Waals surface area (Å²) in [4.78, 5) is 15.3. The van der Waals surface area contributed by atoms with Gasteiger partial charge < -0.3 is 13.9 Å². The third-order valence-electron chi connectivity index (χ3n) is 3.67. The van der Waals surface area contributed by atoms with Crippen LogP contribution in [0.2, 0.25) is 0 Å². The van der Waals surface area contributed by atoms with Gasteiger partial charge in [-0.3, -0.25) is 4.79 Å². The van der Waals surface area contributed by atoms with Gasteiger partial charge >= 0.3 is 0 Å². The third-order valence-corrected chi connectivity index (χ3v) is 5.55. The predicted octanol–water partition coefficient (Wildman–Crippen LogP) is 3.17. The van der Waals surface area contributed by atoms with Crippen LogP contribution in [0.5, 0.6) is 0 Å². The van der Waals surface area contributed by atoms with Gasteiger partial charge in [0, 0.05) is 13.6 Å². The lowest BCUT2D eigenvalue weighted by atomic mass is 10.3. The fraction of sp³-hybridized carbons (Fsp3) is 0.294. The highest BCUT2D eigenvalue weighted by atomic mass is 32.2. The number of aromatic nitrogens is 3. The van der Waals surface area contributed by atoms with Crippen LogP contribution in [0.25, 0.3) is 10.7 Å². The quantitative estimate of drug-likeness (QED) is 0.552. The molecule has 0 bridgehead atoms. The zero-order valence-electron chi connectivity index (χ0n) is 14.2. The average molecular weight is 387 g/mol. The number of carbonyl (C=O) groups is 1. The SMILES string of the molecule is Cn1c(SCC(=O)N(CCC#N)Cc2ccco2)nnc1-c1cccs1. The molecule has 0 aliphatic rings. The molecule has 0 unspecified atom stereocenters. The zero-order chi connectivity index (χ0) is 18.4. The normalized spacial score (nSPS) is 10.6. The van der Waals surface area contributed by atoms with Crippen LogP contribution in [0.1, 0.15) is 12.2 Å². The minimum atomic E-state index is -0.0673. The van der Waals surface area contributed by atoms with E-state index in [2.05, 4.69) is 16.3 Å². The van der Waals surface area contributed by atoms with E-state index in [1.807, 2.05) is 35.2 Å². The van der Waals surface area contributed by atoms with Crippen LogP contribution in [0, 0.1) is 11.3 Å². The first kappa shape index (κ1) is 18.2. The van der Waals surface area contributed by atoms with E-state index in [0.29, 0.717) is 24.0 Å². The van der Waals surface area contributed by atoms with Gasteiger partial charge in [0.15, 0.2) is 11.0 Å². The maximum absolute atomic E-state index is 12.6. The summed E-state index contributed by atoms with van der Waals surface area (Å²) in [5, 5.41) is 19.9. The second-order valence-corrected chi connectivity index (χ2v) is 7.32. The second kappa shape index (κ2) is 8.69. The lowest BCUT2D eigenvalue weighted by Gasteiger charge is -2.20. The molecule has 0 fully saturated rings. The number of hydrogen-bond donors (Lipinski definition) is 0. The van der Waals surface area contributed by atoms with E-state index in [1.165, 1.54) is 11.8 Å². The standard InChI is InChI=1S/C17H17N5O2S2/c1-21-16(14-6-3-10-25-14)19-20-17(21)26-12-15(23)22(8-4-7-18)11-13-5-2-9-24-13/h2-3,5-6,9-10H,4,8,11-12H2,1H3. The van der Waals surface area contributed by atoms with Gasteiger partial charge in [0.2, 0.25) is 5.91 Å². The molecule has 3 aromatic heterocycles. The van der Waals surface area contributed by atoms with Crippen LogP contribution in [0.3, 0.4) is 0 Å². The van der Waals surface area contributed by atoms with Gasteiger partial charge in [0.05, 0.1) is 35.9 Å². The highest BCUT2D eigenvalue weighted by Crippen LogP contribution is 2.26. The first-order valence-electron chi connectivity index (χ1n) is 7.92. The summed E-state index contributed by atoms with van der Waals surface area (Å²) in [6.07, 6.45) is 1.85. The predicted molar refractivity (Wildman–Crippen MR) is 99.4 cm³/mol. The maximum atomic E-state index is 12.6. The highest BCUT2D eigenvalue weighted by Gasteiger charge is 2.18. The molecule has 134 valence electrons. The molecule has 0 saturated carbocycles. The van der Waals surface area contributed by atoms with Crippen LogP contribution in [0.15, 0.2) is 45.5 Å². The van der Waals surface area contributed by atoms with Crippen molar-refractivity contribution in [1.82, 2.24) is 19.7 Å². The number of nitrogens with zero attached hydrogens (tertiary/aromatic N) is 5. The molecule has 0 radical (unpaired) electrons. The summed E-state index contributed by atoms with van der Waals surface area (Å²) in [6, 6.07) is 9.63. The van der Waals surface area contributed by atoms with Crippen molar-refractivity contribution in [2.45, 2.75) is 18.1 Å². The van der Waals surface area contributed by atoms with E-state index in [0.717, 1.165) is 10.7 Å². The van der Waals surface area contributed by atoms with Crippen LogP contribution < -0.4 is 0 Å². The van der Waals surface area contributed by atoms with Crippen LogP contribution in [-0.4, -0.2) is 37.9 Å². The number of carbonyl (C=O) groups excluding carboxylic acids is 1. The van der Waals surface area contributed by atoms with Crippen molar-refractivity contribution in [3.63, 3.8) is 0 Å². The maximum Gasteiger partial charge on any atom is 0.233 e. The first-order chi connectivity index (χ1) is 12.7. The number of amides is 1. The average Bonchev–Trinajstić information content (AvgIpc) is 3.39. The molecule has 26 heavy (non-hydrogen) atoms. The van der Waals surface area contributed by atoms with Crippen LogP contribution in [-0.2, 0) is 18.4 Å². The van der Waals surface area contributed by atoms with Gasteiger partial charge in [-0.15, -0.1) is 21.5 Å². The molecule has 3 aromatic rings. The molecule has 9 heteroatoms. The van der Waals surface area contributed by atoms with E-state index in [-0.39, 0.29) is 18.1 Å². The van der Waals surface area contributed by atoms with Gasteiger partial charge in [-0.05, 0) is 23.6 Å². The summed E-state index contributed by atoms with van der Waals surface area (Å²) in [7, 11) is 1.89.